The van der Waals surface area contributed by atoms with Crippen molar-refractivity contribution in [2.75, 3.05) is 24.5 Å². The Morgan fingerprint density at radius 1 is 1.59 bits per heavy atom. The van der Waals surface area contributed by atoms with Crippen LogP contribution in [-0.4, -0.2) is 30.5 Å². The highest BCUT2D eigenvalue weighted by Crippen LogP contribution is 2.17. The third-order valence-corrected chi connectivity index (χ3v) is 2.88. The van der Waals surface area contributed by atoms with Crippen molar-refractivity contribution >= 4 is 11.7 Å². The van der Waals surface area contributed by atoms with E-state index in [4.69, 9.17) is 5.73 Å². The van der Waals surface area contributed by atoms with Crippen LogP contribution in [0.15, 0.2) is 18.3 Å². The number of amides is 1. The molecule has 0 bridgehead atoms. The molecule has 1 aliphatic rings. The lowest BCUT2D eigenvalue weighted by molar-refractivity contribution is -0.119. The molecule has 1 amide bonds. The van der Waals surface area contributed by atoms with Crippen LogP contribution < -0.4 is 16.0 Å². The maximum atomic E-state index is 11.5. The van der Waals surface area contributed by atoms with Crippen molar-refractivity contribution in [2.45, 2.75) is 19.4 Å². The Labute approximate surface area is 101 Å². The predicted octanol–water partition coefficient (Wildman–Crippen LogP) is 0.428. The van der Waals surface area contributed by atoms with Gasteiger partial charge in [0.15, 0.2) is 0 Å². The molecule has 0 unspecified atom stereocenters. The zero-order valence-electron chi connectivity index (χ0n) is 10.0. The van der Waals surface area contributed by atoms with E-state index in [1.165, 1.54) is 0 Å². The van der Waals surface area contributed by atoms with Crippen LogP contribution in [0.3, 0.4) is 0 Å². The number of nitrogens with two attached hydrogens (primary N) is 1. The number of rotatable bonds is 2. The highest BCUT2D eigenvalue weighted by molar-refractivity contribution is 5.81. The Morgan fingerprint density at radius 3 is 3.18 bits per heavy atom. The van der Waals surface area contributed by atoms with Crippen molar-refractivity contribution in [2.24, 2.45) is 5.73 Å². The summed E-state index contributed by atoms with van der Waals surface area (Å²) in [7, 11) is 0. The SMILES string of the molecule is C[C@@H](N)c1ccnc(N2CCCNC(=O)C2)c1. The minimum atomic E-state index is -0.0162. The zero-order chi connectivity index (χ0) is 12.3. The van der Waals surface area contributed by atoms with Gasteiger partial charge in [-0.3, -0.25) is 4.79 Å². The van der Waals surface area contributed by atoms with Crippen LogP contribution in [-0.2, 0) is 4.79 Å². The van der Waals surface area contributed by atoms with Crippen molar-refractivity contribution in [3.05, 3.63) is 23.9 Å². The molecule has 92 valence electrons. The van der Waals surface area contributed by atoms with Crippen LogP contribution >= 0.6 is 0 Å². The average molecular weight is 234 g/mol. The van der Waals surface area contributed by atoms with Crippen LogP contribution in [0.5, 0.6) is 0 Å². The molecule has 5 nitrogen and oxygen atoms in total. The van der Waals surface area contributed by atoms with Crippen molar-refractivity contribution in [3.8, 4) is 0 Å². The smallest absolute Gasteiger partial charge is 0.239 e. The minimum Gasteiger partial charge on any atom is -0.354 e. The molecule has 0 spiro atoms. The normalized spacial score (nSPS) is 18.5. The number of nitrogens with zero attached hydrogens (tertiary/aromatic N) is 2. The number of carbonyl (C=O) groups excluding carboxylic acids is 1. The monoisotopic (exact) mass is 234 g/mol. The fourth-order valence-electron chi connectivity index (χ4n) is 1.89. The molecule has 1 fully saturated rings. The second kappa shape index (κ2) is 5.14. The second-order valence-corrected chi connectivity index (χ2v) is 4.36. The van der Waals surface area contributed by atoms with Gasteiger partial charge in [-0.05, 0) is 31.0 Å². The maximum absolute atomic E-state index is 11.5. The Bertz CT molecular complexity index is 405. The quantitative estimate of drug-likeness (QED) is 0.778. The summed E-state index contributed by atoms with van der Waals surface area (Å²) in [6.45, 7) is 3.89. The molecule has 5 heteroatoms. The summed E-state index contributed by atoms with van der Waals surface area (Å²) < 4.78 is 0. The molecule has 1 saturated heterocycles. The number of hydrogen-bond acceptors (Lipinski definition) is 4. The minimum absolute atomic E-state index is 0.0162. The van der Waals surface area contributed by atoms with Crippen molar-refractivity contribution in [1.82, 2.24) is 10.3 Å². The van der Waals surface area contributed by atoms with Crippen LogP contribution in [0, 0.1) is 0 Å². The molecule has 1 aliphatic heterocycles. The van der Waals surface area contributed by atoms with E-state index in [0.29, 0.717) is 6.54 Å². The topological polar surface area (TPSA) is 71.2 Å². The third-order valence-electron chi connectivity index (χ3n) is 2.88. The maximum Gasteiger partial charge on any atom is 0.239 e. The summed E-state index contributed by atoms with van der Waals surface area (Å²) in [4.78, 5) is 17.8. The van der Waals surface area contributed by atoms with E-state index in [1.807, 2.05) is 24.0 Å². The molecule has 2 rings (SSSR count). The molecule has 0 aromatic carbocycles. The van der Waals surface area contributed by atoms with E-state index < -0.39 is 0 Å². The molecule has 0 radical (unpaired) electrons. The Hall–Kier alpha value is -1.62. The molecule has 1 aromatic heterocycles. The lowest BCUT2D eigenvalue weighted by Crippen LogP contribution is -2.33. The average Bonchev–Trinajstić information content (AvgIpc) is 2.54. The van der Waals surface area contributed by atoms with Gasteiger partial charge in [-0.2, -0.15) is 0 Å². The van der Waals surface area contributed by atoms with Gasteiger partial charge < -0.3 is 16.0 Å². The first-order valence-electron chi connectivity index (χ1n) is 5.90. The summed E-state index contributed by atoms with van der Waals surface area (Å²) in [5.74, 6) is 0.882. The summed E-state index contributed by atoms with van der Waals surface area (Å²) in [5, 5.41) is 2.85. The lowest BCUT2D eigenvalue weighted by Gasteiger charge is -2.21. The predicted molar refractivity (Wildman–Crippen MR) is 66.7 cm³/mol. The molecule has 2 heterocycles. The third kappa shape index (κ3) is 2.94. The molecular weight excluding hydrogens is 216 g/mol. The number of pyridine rings is 1. The zero-order valence-corrected chi connectivity index (χ0v) is 10.0. The Balaban J connectivity index is 2.20. The van der Waals surface area contributed by atoms with Gasteiger partial charge in [0.25, 0.3) is 0 Å². The number of anilines is 1. The first-order valence-corrected chi connectivity index (χ1v) is 5.90. The molecular formula is C12H18N4O. The van der Waals surface area contributed by atoms with E-state index >= 15 is 0 Å². The van der Waals surface area contributed by atoms with Gasteiger partial charge in [-0.25, -0.2) is 4.98 Å². The van der Waals surface area contributed by atoms with E-state index in [9.17, 15) is 4.79 Å². The molecule has 3 N–H and O–H groups in total. The fraction of sp³-hybridized carbons (Fsp3) is 0.500. The molecule has 0 saturated carbocycles. The van der Waals surface area contributed by atoms with Gasteiger partial charge in [-0.1, -0.05) is 0 Å². The molecule has 1 atom stereocenters. The Morgan fingerprint density at radius 2 is 2.41 bits per heavy atom. The fourth-order valence-corrected chi connectivity index (χ4v) is 1.89. The van der Waals surface area contributed by atoms with Crippen molar-refractivity contribution < 1.29 is 4.79 Å². The summed E-state index contributed by atoms with van der Waals surface area (Å²) >= 11 is 0. The van der Waals surface area contributed by atoms with E-state index in [1.54, 1.807) is 6.20 Å². The van der Waals surface area contributed by atoms with Crippen LogP contribution in [0.25, 0.3) is 0 Å². The van der Waals surface area contributed by atoms with Gasteiger partial charge >= 0.3 is 0 Å². The van der Waals surface area contributed by atoms with Crippen LogP contribution in [0.4, 0.5) is 5.82 Å². The number of hydrogen-bond donors (Lipinski definition) is 2. The first kappa shape index (κ1) is 11.9. The summed E-state index contributed by atoms with van der Waals surface area (Å²) in [6.07, 6.45) is 2.69. The highest BCUT2D eigenvalue weighted by atomic mass is 16.2. The van der Waals surface area contributed by atoms with Gasteiger partial charge in [0.05, 0.1) is 6.54 Å². The largest absolute Gasteiger partial charge is 0.354 e. The number of nitrogens with one attached hydrogen (secondary N) is 1. The Kier molecular flexibility index (Phi) is 3.58. The number of carbonyl (C=O) groups is 1. The molecule has 0 aliphatic carbocycles. The second-order valence-electron chi connectivity index (χ2n) is 4.36. The number of aromatic nitrogens is 1. The van der Waals surface area contributed by atoms with E-state index in [0.717, 1.165) is 30.9 Å². The van der Waals surface area contributed by atoms with Gasteiger partial charge in [0, 0.05) is 25.3 Å². The summed E-state index contributed by atoms with van der Waals surface area (Å²) in [6, 6.07) is 3.85. The van der Waals surface area contributed by atoms with Gasteiger partial charge in [-0.15, -0.1) is 0 Å². The first-order chi connectivity index (χ1) is 8.16. The molecule has 1 aromatic rings. The van der Waals surface area contributed by atoms with Crippen LogP contribution in [0.1, 0.15) is 24.9 Å². The van der Waals surface area contributed by atoms with Gasteiger partial charge in [0.2, 0.25) is 5.91 Å². The van der Waals surface area contributed by atoms with E-state index in [-0.39, 0.29) is 11.9 Å². The highest BCUT2D eigenvalue weighted by Gasteiger charge is 2.16. The van der Waals surface area contributed by atoms with Crippen molar-refractivity contribution in [1.29, 1.82) is 0 Å². The van der Waals surface area contributed by atoms with Gasteiger partial charge in [0.1, 0.15) is 5.82 Å². The standard InChI is InChI=1S/C12H18N4O/c1-9(13)10-3-5-14-11(7-10)16-6-2-4-15-12(17)8-16/h3,5,7,9H,2,4,6,8,13H2,1H3,(H,15,17)/t9-/m1/s1. The van der Waals surface area contributed by atoms with E-state index in [2.05, 4.69) is 10.3 Å². The summed E-state index contributed by atoms with van der Waals surface area (Å²) in [5.41, 5.74) is 6.89. The lowest BCUT2D eigenvalue weighted by atomic mass is 10.1. The molecule has 17 heavy (non-hydrogen) atoms. The van der Waals surface area contributed by atoms with Crippen molar-refractivity contribution in [3.63, 3.8) is 0 Å². The van der Waals surface area contributed by atoms with Crippen LogP contribution in [0.2, 0.25) is 0 Å².